The topological polar surface area (TPSA) is 87.7 Å². The largest absolute Gasteiger partial charge is 0.311 e. The SMILES string of the molecule is Cc1ccc2nc(NC(=O)CCc3c(C)nc(C)[nH]c3=O)sc2c1. The van der Waals surface area contributed by atoms with Crippen molar-refractivity contribution in [2.24, 2.45) is 0 Å². The van der Waals surface area contributed by atoms with Crippen molar-refractivity contribution in [1.82, 2.24) is 15.0 Å². The molecule has 7 heteroatoms. The summed E-state index contributed by atoms with van der Waals surface area (Å²) in [4.78, 5) is 35.4. The Morgan fingerprint density at radius 2 is 2.04 bits per heavy atom. The van der Waals surface area contributed by atoms with E-state index in [1.165, 1.54) is 11.3 Å². The fraction of sp³-hybridized carbons (Fsp3) is 0.294. The molecule has 0 aliphatic heterocycles. The second-order valence-corrected chi connectivity index (χ2v) is 6.78. The molecule has 3 aromatic rings. The standard InChI is InChI=1S/C17H18N4O2S/c1-9-4-6-13-14(8-9)24-17(20-13)21-15(22)7-5-12-10(2)18-11(3)19-16(12)23/h4,6,8H,5,7H2,1-3H3,(H,18,19,23)(H,20,21,22). The normalized spacial score (nSPS) is 11.0. The van der Waals surface area contributed by atoms with Crippen molar-refractivity contribution in [2.75, 3.05) is 5.32 Å². The molecule has 0 aliphatic carbocycles. The van der Waals surface area contributed by atoms with Gasteiger partial charge in [0.1, 0.15) is 5.82 Å². The van der Waals surface area contributed by atoms with Gasteiger partial charge < -0.3 is 10.3 Å². The molecule has 3 rings (SSSR count). The van der Waals surface area contributed by atoms with Crippen LogP contribution in [0.5, 0.6) is 0 Å². The van der Waals surface area contributed by atoms with Crippen LogP contribution >= 0.6 is 11.3 Å². The average Bonchev–Trinajstić information content (AvgIpc) is 2.87. The van der Waals surface area contributed by atoms with Crippen molar-refractivity contribution < 1.29 is 4.79 Å². The Labute approximate surface area is 143 Å². The molecule has 0 saturated carbocycles. The highest BCUT2D eigenvalue weighted by Gasteiger charge is 2.11. The minimum atomic E-state index is -0.178. The highest BCUT2D eigenvalue weighted by atomic mass is 32.1. The van der Waals surface area contributed by atoms with E-state index in [1.807, 2.05) is 25.1 Å². The molecule has 0 spiro atoms. The minimum Gasteiger partial charge on any atom is -0.311 e. The smallest absolute Gasteiger partial charge is 0.254 e. The van der Waals surface area contributed by atoms with Gasteiger partial charge in [0.05, 0.1) is 10.2 Å². The van der Waals surface area contributed by atoms with Gasteiger partial charge in [0, 0.05) is 17.7 Å². The third-order valence-corrected chi connectivity index (χ3v) is 4.67. The Bertz CT molecular complexity index is 974. The summed E-state index contributed by atoms with van der Waals surface area (Å²) < 4.78 is 1.04. The molecule has 0 bridgehead atoms. The first kappa shape index (κ1) is 16.3. The lowest BCUT2D eigenvalue weighted by atomic mass is 10.1. The number of hydrogen-bond donors (Lipinski definition) is 2. The van der Waals surface area contributed by atoms with E-state index in [4.69, 9.17) is 0 Å². The van der Waals surface area contributed by atoms with Crippen molar-refractivity contribution >= 4 is 32.6 Å². The number of carbonyl (C=O) groups is 1. The van der Waals surface area contributed by atoms with Gasteiger partial charge in [-0.3, -0.25) is 9.59 Å². The van der Waals surface area contributed by atoms with Crippen LogP contribution in [0.1, 0.15) is 29.1 Å². The van der Waals surface area contributed by atoms with Crippen LogP contribution in [0.15, 0.2) is 23.0 Å². The number of thiazole rings is 1. The van der Waals surface area contributed by atoms with Gasteiger partial charge in [-0.1, -0.05) is 17.4 Å². The van der Waals surface area contributed by atoms with Crippen molar-refractivity contribution in [1.29, 1.82) is 0 Å². The van der Waals surface area contributed by atoms with Crippen LogP contribution in [0.3, 0.4) is 0 Å². The molecule has 2 heterocycles. The lowest BCUT2D eigenvalue weighted by Crippen LogP contribution is -2.20. The summed E-state index contributed by atoms with van der Waals surface area (Å²) in [6.45, 7) is 5.54. The first-order chi connectivity index (χ1) is 11.4. The molecule has 2 N–H and O–H groups in total. The number of amides is 1. The van der Waals surface area contributed by atoms with Gasteiger partial charge in [0.15, 0.2) is 5.13 Å². The number of H-pyrrole nitrogens is 1. The quantitative estimate of drug-likeness (QED) is 0.763. The van der Waals surface area contributed by atoms with Gasteiger partial charge in [-0.15, -0.1) is 0 Å². The van der Waals surface area contributed by atoms with Crippen molar-refractivity contribution in [3.8, 4) is 0 Å². The summed E-state index contributed by atoms with van der Waals surface area (Å²) in [7, 11) is 0. The van der Waals surface area contributed by atoms with Crippen LogP contribution in [-0.2, 0) is 11.2 Å². The number of fused-ring (bicyclic) bond motifs is 1. The summed E-state index contributed by atoms with van der Waals surface area (Å²) in [6, 6.07) is 5.98. The lowest BCUT2D eigenvalue weighted by molar-refractivity contribution is -0.116. The molecule has 0 unspecified atom stereocenters. The number of aryl methyl sites for hydroxylation is 3. The van der Waals surface area contributed by atoms with Gasteiger partial charge in [-0.25, -0.2) is 9.97 Å². The molecule has 0 fully saturated rings. The molecule has 124 valence electrons. The van der Waals surface area contributed by atoms with Gasteiger partial charge in [-0.05, 0) is 44.9 Å². The van der Waals surface area contributed by atoms with Gasteiger partial charge in [0.2, 0.25) is 5.91 Å². The Morgan fingerprint density at radius 1 is 1.25 bits per heavy atom. The number of nitrogens with zero attached hydrogens (tertiary/aromatic N) is 2. The average molecular weight is 342 g/mol. The van der Waals surface area contributed by atoms with Crippen LogP contribution in [0.4, 0.5) is 5.13 Å². The van der Waals surface area contributed by atoms with E-state index in [0.717, 1.165) is 15.8 Å². The van der Waals surface area contributed by atoms with Crippen LogP contribution in [0.25, 0.3) is 10.2 Å². The van der Waals surface area contributed by atoms with Crippen molar-refractivity contribution in [2.45, 2.75) is 33.6 Å². The molecule has 24 heavy (non-hydrogen) atoms. The second kappa shape index (κ2) is 6.52. The first-order valence-electron chi connectivity index (χ1n) is 7.66. The molecule has 0 atom stereocenters. The zero-order valence-corrected chi connectivity index (χ0v) is 14.6. The third-order valence-electron chi connectivity index (χ3n) is 3.73. The van der Waals surface area contributed by atoms with Crippen molar-refractivity contribution in [3.63, 3.8) is 0 Å². The fourth-order valence-electron chi connectivity index (χ4n) is 2.55. The maximum Gasteiger partial charge on any atom is 0.254 e. The maximum atomic E-state index is 12.1. The number of hydrogen-bond acceptors (Lipinski definition) is 5. The number of carbonyl (C=O) groups excluding carboxylic acids is 1. The van der Waals surface area contributed by atoms with E-state index in [9.17, 15) is 9.59 Å². The predicted octanol–water partition coefficient (Wildman–Crippen LogP) is 2.88. The van der Waals surface area contributed by atoms with Crippen LogP contribution in [0.2, 0.25) is 0 Å². The predicted molar refractivity (Wildman–Crippen MR) is 95.6 cm³/mol. The van der Waals surface area contributed by atoms with Gasteiger partial charge in [0.25, 0.3) is 5.56 Å². The lowest BCUT2D eigenvalue weighted by Gasteiger charge is -2.05. The molecule has 2 aromatic heterocycles. The van der Waals surface area contributed by atoms with Crippen LogP contribution < -0.4 is 10.9 Å². The Kier molecular flexibility index (Phi) is 4.44. The molecular weight excluding hydrogens is 324 g/mol. The van der Waals surface area contributed by atoms with Crippen molar-refractivity contribution in [3.05, 3.63) is 51.2 Å². The monoisotopic (exact) mass is 342 g/mol. The number of aromatic amines is 1. The summed E-state index contributed by atoms with van der Waals surface area (Å²) in [5, 5.41) is 3.38. The fourth-order valence-corrected chi connectivity index (χ4v) is 3.53. The summed E-state index contributed by atoms with van der Waals surface area (Å²) in [5.41, 5.74) is 3.07. The maximum absolute atomic E-state index is 12.1. The van der Waals surface area contributed by atoms with E-state index >= 15 is 0 Å². The molecule has 6 nitrogen and oxygen atoms in total. The number of aromatic nitrogens is 3. The number of benzene rings is 1. The Morgan fingerprint density at radius 3 is 2.79 bits per heavy atom. The highest BCUT2D eigenvalue weighted by Crippen LogP contribution is 2.26. The second-order valence-electron chi connectivity index (χ2n) is 5.75. The molecular formula is C17H18N4O2S. The summed E-state index contributed by atoms with van der Waals surface area (Å²) in [5.74, 6) is 0.417. The van der Waals surface area contributed by atoms with Crippen LogP contribution in [-0.4, -0.2) is 20.9 Å². The van der Waals surface area contributed by atoms with Gasteiger partial charge >= 0.3 is 0 Å². The number of nitrogens with one attached hydrogen (secondary N) is 2. The van der Waals surface area contributed by atoms with E-state index in [-0.39, 0.29) is 17.9 Å². The van der Waals surface area contributed by atoms with Gasteiger partial charge in [-0.2, -0.15) is 0 Å². The molecule has 0 radical (unpaired) electrons. The Hall–Kier alpha value is -2.54. The molecule has 1 amide bonds. The molecule has 1 aromatic carbocycles. The zero-order chi connectivity index (χ0) is 17.3. The van der Waals surface area contributed by atoms with E-state index < -0.39 is 0 Å². The summed E-state index contributed by atoms with van der Waals surface area (Å²) >= 11 is 1.45. The molecule has 0 aliphatic rings. The van der Waals surface area contributed by atoms with E-state index in [2.05, 4.69) is 20.3 Å². The van der Waals surface area contributed by atoms with Crippen LogP contribution in [0, 0.1) is 20.8 Å². The van der Waals surface area contributed by atoms with E-state index in [0.29, 0.717) is 28.6 Å². The van der Waals surface area contributed by atoms with E-state index in [1.54, 1.807) is 13.8 Å². The zero-order valence-electron chi connectivity index (χ0n) is 13.8. The summed E-state index contributed by atoms with van der Waals surface area (Å²) in [6.07, 6.45) is 0.563. The first-order valence-corrected chi connectivity index (χ1v) is 8.47. The Balaban J connectivity index is 1.68. The molecule has 0 saturated heterocycles. The third kappa shape index (κ3) is 3.51. The number of anilines is 1. The minimum absolute atomic E-state index is 0.162. The highest BCUT2D eigenvalue weighted by molar-refractivity contribution is 7.22. The number of rotatable bonds is 4.